The smallest absolute Gasteiger partial charge is 0.256 e. The maximum Gasteiger partial charge on any atom is 0.256 e. The maximum atomic E-state index is 14.6. The average molecular weight is 366 g/mol. The topological polar surface area (TPSA) is 61.0 Å². The number of hydrogen-bond acceptors (Lipinski definition) is 3. The van der Waals surface area contributed by atoms with Crippen molar-refractivity contribution in [1.82, 2.24) is 14.9 Å². The summed E-state index contributed by atoms with van der Waals surface area (Å²) in [4.78, 5) is 22.1. The molecule has 1 aromatic carbocycles. The van der Waals surface area contributed by atoms with Crippen molar-refractivity contribution in [2.45, 2.75) is 26.2 Å². The lowest BCUT2D eigenvalue weighted by molar-refractivity contribution is -0.110. The highest BCUT2D eigenvalue weighted by molar-refractivity contribution is 6.35. The van der Waals surface area contributed by atoms with Gasteiger partial charge in [0.2, 0.25) is 0 Å². The number of likely N-dealkylation sites (tertiary alicyclic amines) is 1. The van der Waals surface area contributed by atoms with Crippen molar-refractivity contribution in [3.8, 4) is 0 Å². The minimum atomic E-state index is -0.329. The fourth-order valence-corrected chi connectivity index (χ4v) is 3.71. The molecular formula is C21H23FN4O. The van der Waals surface area contributed by atoms with E-state index >= 15 is 0 Å². The van der Waals surface area contributed by atoms with Crippen molar-refractivity contribution in [3.05, 3.63) is 52.9 Å². The number of rotatable bonds is 4. The largest absolute Gasteiger partial charge is 0.348 e. The highest BCUT2D eigenvalue weighted by Gasteiger charge is 2.28. The highest BCUT2D eigenvalue weighted by atomic mass is 19.1. The Morgan fingerprint density at radius 3 is 2.81 bits per heavy atom. The number of nitrogens with one attached hydrogen (secondary N) is 2. The second kappa shape index (κ2) is 7.48. The van der Waals surface area contributed by atoms with Crippen LogP contribution in [0.1, 0.15) is 41.8 Å². The number of carbonyl (C=O) groups excluding carboxylic acids is 1. The van der Waals surface area contributed by atoms with Gasteiger partial charge in [-0.25, -0.2) is 9.37 Å². The van der Waals surface area contributed by atoms with Gasteiger partial charge in [0.05, 0.1) is 17.6 Å². The van der Waals surface area contributed by atoms with Crippen LogP contribution >= 0.6 is 0 Å². The lowest BCUT2D eigenvalue weighted by Gasteiger charge is -2.24. The minimum absolute atomic E-state index is 0.233. The number of piperidine rings is 1. The van der Waals surface area contributed by atoms with Gasteiger partial charge in [0.25, 0.3) is 5.91 Å². The standard InChI is InChI=1S/C21H23FN4O/c1-14-19(24-13-23-14)12-16-20-15(6-5-11-26-9-3-2-4-10-26)17(22)7-8-18(20)25-21(16)27/h5-8,12-13H,2-4,9-11H2,1H3,(H,23,24)(H,25,27)/b6-5?,16-12-. The molecule has 5 nitrogen and oxygen atoms in total. The van der Waals surface area contributed by atoms with Gasteiger partial charge < -0.3 is 10.3 Å². The van der Waals surface area contributed by atoms with Gasteiger partial charge in [0.15, 0.2) is 0 Å². The zero-order chi connectivity index (χ0) is 18.8. The number of hydrogen-bond donors (Lipinski definition) is 2. The Kier molecular flexibility index (Phi) is 4.90. The molecule has 1 saturated heterocycles. The van der Waals surface area contributed by atoms with Crippen LogP contribution in [0, 0.1) is 12.7 Å². The van der Waals surface area contributed by atoms with Gasteiger partial charge in [-0.15, -0.1) is 0 Å². The Balaban J connectivity index is 1.68. The molecule has 3 heterocycles. The molecule has 6 heteroatoms. The number of aryl methyl sites for hydroxylation is 1. The van der Waals surface area contributed by atoms with Crippen molar-refractivity contribution < 1.29 is 9.18 Å². The van der Waals surface area contributed by atoms with Crippen LogP contribution < -0.4 is 5.32 Å². The van der Waals surface area contributed by atoms with Crippen molar-refractivity contribution in [1.29, 1.82) is 0 Å². The van der Waals surface area contributed by atoms with Gasteiger partial charge >= 0.3 is 0 Å². The molecule has 2 N–H and O–H groups in total. The van der Waals surface area contributed by atoms with E-state index in [4.69, 9.17) is 0 Å². The first kappa shape index (κ1) is 17.7. The van der Waals surface area contributed by atoms with Crippen LogP contribution in [0.3, 0.4) is 0 Å². The van der Waals surface area contributed by atoms with E-state index in [1.165, 1.54) is 25.3 Å². The zero-order valence-electron chi connectivity index (χ0n) is 15.4. The number of nitrogens with zero attached hydrogens (tertiary/aromatic N) is 2. The third-order valence-electron chi connectivity index (χ3n) is 5.20. The van der Waals surface area contributed by atoms with Crippen LogP contribution in [0.2, 0.25) is 0 Å². The van der Waals surface area contributed by atoms with Gasteiger partial charge in [-0.3, -0.25) is 9.69 Å². The molecule has 1 fully saturated rings. The Morgan fingerprint density at radius 2 is 2.07 bits per heavy atom. The van der Waals surface area contributed by atoms with Crippen LogP contribution in [0.25, 0.3) is 17.7 Å². The number of benzene rings is 1. The number of halogens is 1. The molecule has 140 valence electrons. The molecule has 4 rings (SSSR count). The molecule has 0 aliphatic carbocycles. The molecule has 2 aromatic rings. The number of imidazole rings is 1. The van der Waals surface area contributed by atoms with Crippen molar-refractivity contribution in [2.24, 2.45) is 0 Å². The third-order valence-corrected chi connectivity index (χ3v) is 5.20. The van der Waals surface area contributed by atoms with Crippen LogP contribution in [-0.4, -0.2) is 40.4 Å². The highest BCUT2D eigenvalue weighted by Crippen LogP contribution is 2.37. The second-order valence-corrected chi connectivity index (χ2v) is 7.07. The Bertz CT molecular complexity index is 922. The first-order chi connectivity index (χ1) is 13.1. The van der Waals surface area contributed by atoms with Gasteiger partial charge in [-0.05, 0) is 51.1 Å². The summed E-state index contributed by atoms with van der Waals surface area (Å²) in [5.41, 5.74) is 3.68. The molecule has 0 bridgehead atoms. The molecule has 0 radical (unpaired) electrons. The predicted molar refractivity (Wildman–Crippen MR) is 106 cm³/mol. The zero-order valence-corrected chi connectivity index (χ0v) is 15.4. The molecule has 27 heavy (non-hydrogen) atoms. The molecular weight excluding hydrogens is 343 g/mol. The Morgan fingerprint density at radius 1 is 1.26 bits per heavy atom. The number of aromatic nitrogens is 2. The quantitative estimate of drug-likeness (QED) is 0.808. The van der Waals surface area contributed by atoms with E-state index in [9.17, 15) is 9.18 Å². The number of fused-ring (bicyclic) bond motifs is 1. The third kappa shape index (κ3) is 3.57. The number of H-pyrrole nitrogens is 1. The monoisotopic (exact) mass is 366 g/mol. The predicted octanol–water partition coefficient (Wildman–Crippen LogP) is 3.85. The maximum absolute atomic E-state index is 14.6. The van der Waals surface area contributed by atoms with E-state index in [0.717, 1.165) is 25.3 Å². The van der Waals surface area contributed by atoms with Gasteiger partial charge in [-0.1, -0.05) is 18.6 Å². The van der Waals surface area contributed by atoms with Gasteiger partial charge in [0.1, 0.15) is 5.82 Å². The molecule has 1 aromatic heterocycles. The Hall–Kier alpha value is -2.73. The summed E-state index contributed by atoms with van der Waals surface area (Å²) < 4.78 is 14.6. The normalized spacial score (nSPS) is 19.0. The number of amides is 1. The van der Waals surface area contributed by atoms with E-state index in [0.29, 0.717) is 28.1 Å². The number of anilines is 1. The van der Waals surface area contributed by atoms with Crippen molar-refractivity contribution in [3.63, 3.8) is 0 Å². The molecule has 0 saturated carbocycles. The summed E-state index contributed by atoms with van der Waals surface area (Å²) in [6.45, 7) is 4.85. The second-order valence-electron chi connectivity index (χ2n) is 7.07. The summed E-state index contributed by atoms with van der Waals surface area (Å²) in [7, 11) is 0. The van der Waals surface area contributed by atoms with E-state index in [2.05, 4.69) is 20.2 Å². The summed E-state index contributed by atoms with van der Waals surface area (Å²) in [5, 5.41) is 2.83. The van der Waals surface area contributed by atoms with Crippen molar-refractivity contribution >= 4 is 29.3 Å². The fraction of sp³-hybridized carbons (Fsp3) is 0.333. The first-order valence-corrected chi connectivity index (χ1v) is 9.38. The summed E-state index contributed by atoms with van der Waals surface area (Å²) in [5.74, 6) is -0.562. The summed E-state index contributed by atoms with van der Waals surface area (Å²) >= 11 is 0. The lowest BCUT2D eigenvalue weighted by Crippen LogP contribution is -2.29. The van der Waals surface area contributed by atoms with E-state index in [1.54, 1.807) is 24.5 Å². The van der Waals surface area contributed by atoms with E-state index in [-0.39, 0.29) is 11.7 Å². The molecule has 0 spiro atoms. The van der Waals surface area contributed by atoms with Crippen LogP contribution in [-0.2, 0) is 4.79 Å². The lowest BCUT2D eigenvalue weighted by atomic mass is 9.98. The van der Waals surface area contributed by atoms with Gasteiger partial charge in [-0.2, -0.15) is 0 Å². The van der Waals surface area contributed by atoms with Gasteiger partial charge in [0, 0.05) is 29.1 Å². The van der Waals surface area contributed by atoms with Crippen LogP contribution in [0.5, 0.6) is 0 Å². The minimum Gasteiger partial charge on any atom is -0.348 e. The van der Waals surface area contributed by atoms with Crippen LogP contribution in [0.15, 0.2) is 24.5 Å². The Labute approximate surface area is 158 Å². The van der Waals surface area contributed by atoms with Crippen LogP contribution in [0.4, 0.5) is 10.1 Å². The first-order valence-electron chi connectivity index (χ1n) is 9.38. The molecule has 0 atom stereocenters. The van der Waals surface area contributed by atoms with Crippen molar-refractivity contribution in [2.75, 3.05) is 25.0 Å². The molecule has 2 aliphatic rings. The molecule has 2 aliphatic heterocycles. The van der Waals surface area contributed by atoms with E-state index in [1.807, 2.05) is 13.0 Å². The fourth-order valence-electron chi connectivity index (χ4n) is 3.71. The number of aromatic amines is 1. The SMILES string of the molecule is Cc1[nH]cnc1/C=C1\C(=O)Nc2ccc(F)c(C=CCN3CCCCC3)c21. The molecule has 0 unspecified atom stereocenters. The van der Waals surface area contributed by atoms with E-state index < -0.39 is 0 Å². The summed E-state index contributed by atoms with van der Waals surface area (Å²) in [6.07, 6.45) is 10.8. The average Bonchev–Trinajstić information content (AvgIpc) is 3.22. The molecule has 1 amide bonds. The number of carbonyl (C=O) groups is 1. The summed E-state index contributed by atoms with van der Waals surface area (Å²) in [6, 6.07) is 3.02.